The Hall–Kier alpha value is -7.76. The number of pyridine rings is 2. The molecule has 0 fully saturated rings. The molecule has 2 N–H and O–H groups in total. The lowest BCUT2D eigenvalue weighted by Crippen LogP contribution is -2.16. The molecule has 70 heavy (non-hydrogen) atoms. The molecule has 10 rings (SSSR count). The van der Waals surface area contributed by atoms with Crippen LogP contribution in [-0.2, 0) is 16.2 Å². The zero-order chi connectivity index (χ0) is 49.3. The number of rotatable bonds is 7. The largest absolute Gasteiger partial charge is 0.507 e. The van der Waals surface area contributed by atoms with E-state index in [-0.39, 0.29) is 27.7 Å². The molecule has 0 saturated heterocycles. The van der Waals surface area contributed by atoms with Gasteiger partial charge in [0.25, 0.3) is 0 Å². The predicted molar refractivity (Wildman–Crippen MR) is 292 cm³/mol. The van der Waals surface area contributed by atoms with Gasteiger partial charge in [-0.15, -0.1) is 0 Å². The molecule has 0 atom stereocenters. The monoisotopic (exact) mass is 916 g/mol. The van der Waals surface area contributed by atoms with E-state index in [1.807, 2.05) is 48.5 Å². The van der Waals surface area contributed by atoms with Gasteiger partial charge in [0, 0.05) is 21.9 Å². The lowest BCUT2D eigenvalue weighted by atomic mass is 9.79. The molecule has 0 amide bonds. The van der Waals surface area contributed by atoms with Crippen LogP contribution in [0, 0.1) is 6.92 Å². The minimum absolute atomic E-state index is 0.105. The summed E-state index contributed by atoms with van der Waals surface area (Å²) >= 11 is 0. The van der Waals surface area contributed by atoms with Gasteiger partial charge in [-0.3, -0.25) is 0 Å². The zero-order valence-electron chi connectivity index (χ0n) is 41.9. The molecular formula is C65H60N2O3. The Morgan fingerprint density at radius 1 is 0.357 bits per heavy atom. The molecule has 0 bridgehead atoms. The van der Waals surface area contributed by atoms with Crippen LogP contribution >= 0.6 is 0 Å². The molecular weight excluding hydrogens is 857 g/mol. The second kappa shape index (κ2) is 17.3. The maximum absolute atomic E-state index is 11.9. The molecule has 3 heterocycles. The summed E-state index contributed by atoms with van der Waals surface area (Å²) in [7, 11) is 0. The van der Waals surface area contributed by atoms with Gasteiger partial charge in [-0.1, -0.05) is 165 Å². The van der Waals surface area contributed by atoms with Crippen LogP contribution in [0.2, 0.25) is 0 Å². The summed E-state index contributed by atoms with van der Waals surface area (Å²) in [5.74, 6) is 0.232. The Balaban J connectivity index is 1.18. The first-order valence-corrected chi connectivity index (χ1v) is 24.2. The topological polar surface area (TPSA) is 79.4 Å². The smallest absolute Gasteiger partial charge is 0.136 e. The highest BCUT2D eigenvalue weighted by Gasteiger charge is 2.25. The van der Waals surface area contributed by atoms with Gasteiger partial charge in [0.1, 0.15) is 22.7 Å². The van der Waals surface area contributed by atoms with E-state index in [2.05, 4.69) is 178 Å². The van der Waals surface area contributed by atoms with Crippen LogP contribution < -0.4 is 0 Å². The van der Waals surface area contributed by atoms with E-state index >= 15 is 0 Å². The number of hydrogen-bond acceptors (Lipinski definition) is 5. The Kier molecular flexibility index (Phi) is 11.4. The normalized spacial score (nSPS) is 12.3. The average Bonchev–Trinajstić information content (AvgIpc) is 3.70. The molecule has 0 aliphatic heterocycles. The number of hydrogen-bond donors (Lipinski definition) is 2. The molecule has 5 nitrogen and oxygen atoms in total. The number of aromatic hydroxyl groups is 2. The van der Waals surface area contributed by atoms with E-state index in [1.54, 1.807) is 12.1 Å². The first-order chi connectivity index (χ1) is 33.3. The number of aryl methyl sites for hydroxylation is 1. The van der Waals surface area contributed by atoms with Crippen molar-refractivity contribution >= 4 is 21.9 Å². The Bertz CT molecular complexity index is 3530. The maximum Gasteiger partial charge on any atom is 0.136 e. The quantitative estimate of drug-likeness (QED) is 0.166. The second-order valence-electron chi connectivity index (χ2n) is 22.0. The van der Waals surface area contributed by atoms with Crippen LogP contribution in [0.5, 0.6) is 11.5 Å². The van der Waals surface area contributed by atoms with E-state index in [1.165, 1.54) is 16.7 Å². The fraction of sp³-hybridized carbons (Fsp3) is 0.200. The Labute approximate surface area is 412 Å². The van der Waals surface area contributed by atoms with Gasteiger partial charge in [0.2, 0.25) is 0 Å². The molecule has 0 unspecified atom stereocenters. The highest BCUT2D eigenvalue weighted by Crippen LogP contribution is 2.46. The third kappa shape index (κ3) is 8.89. The molecule has 10 aromatic rings. The first kappa shape index (κ1) is 46.0. The third-order valence-corrected chi connectivity index (χ3v) is 13.6. The van der Waals surface area contributed by atoms with Crippen molar-refractivity contribution in [2.75, 3.05) is 0 Å². The molecule has 0 radical (unpaired) electrons. The molecule has 0 spiro atoms. The summed E-state index contributed by atoms with van der Waals surface area (Å²) in [5, 5.41) is 25.5. The van der Waals surface area contributed by atoms with Gasteiger partial charge in [0.15, 0.2) is 0 Å². The third-order valence-electron chi connectivity index (χ3n) is 13.6. The molecule has 3 aromatic heterocycles. The van der Waals surface area contributed by atoms with E-state index < -0.39 is 0 Å². The summed E-state index contributed by atoms with van der Waals surface area (Å²) in [4.78, 5) is 10.7. The number of phenols is 2. The summed E-state index contributed by atoms with van der Waals surface area (Å²) in [6.45, 7) is 22.3. The van der Waals surface area contributed by atoms with Crippen molar-refractivity contribution in [1.29, 1.82) is 0 Å². The first-order valence-electron chi connectivity index (χ1n) is 24.2. The number of nitrogens with zero attached hydrogens (tertiary/aromatic N) is 2. The van der Waals surface area contributed by atoms with E-state index in [0.717, 1.165) is 66.4 Å². The van der Waals surface area contributed by atoms with Crippen molar-refractivity contribution in [3.05, 3.63) is 192 Å². The van der Waals surface area contributed by atoms with Crippen LogP contribution in [0.3, 0.4) is 0 Å². The summed E-state index contributed by atoms with van der Waals surface area (Å²) in [6.07, 6.45) is 0. The molecule has 5 heteroatoms. The van der Waals surface area contributed by atoms with Crippen LogP contribution in [0.1, 0.15) is 84.6 Å². The molecule has 0 saturated carbocycles. The Morgan fingerprint density at radius 3 is 1.44 bits per heavy atom. The van der Waals surface area contributed by atoms with Crippen molar-refractivity contribution in [3.8, 4) is 89.9 Å². The van der Waals surface area contributed by atoms with E-state index in [9.17, 15) is 10.2 Å². The predicted octanol–water partition coefficient (Wildman–Crippen LogP) is 17.7. The van der Waals surface area contributed by atoms with Crippen molar-refractivity contribution in [1.82, 2.24) is 9.97 Å². The number of aromatic nitrogens is 2. The minimum Gasteiger partial charge on any atom is -0.507 e. The minimum atomic E-state index is -0.110. The number of para-hydroxylation sites is 1. The lowest BCUT2D eigenvalue weighted by Gasteiger charge is -2.26. The van der Waals surface area contributed by atoms with E-state index in [4.69, 9.17) is 14.4 Å². The highest BCUT2D eigenvalue weighted by molar-refractivity contribution is 6.07. The van der Waals surface area contributed by atoms with Crippen molar-refractivity contribution in [3.63, 3.8) is 0 Å². The standard InChI is InChI=1S/C65H60N2O3/c1-39-27-54(52-31-42(25-26-58(52)68)62-49(40-19-13-11-14-20-40)35-47(65(8,9)10)36-50(62)41-21-15-12-16-22-41)66-56(28-39)57-33-44(43-29-45(63(2,3)4)34-46(30-43)64(5,6)7)32-55(67-57)53-38-61-51(37-59(53)69)48-23-17-18-24-60(48)70-61/h11-38,68-69H,1-10H3. The molecule has 7 aromatic carbocycles. The highest BCUT2D eigenvalue weighted by atomic mass is 16.3. The van der Waals surface area contributed by atoms with Crippen molar-refractivity contribution in [2.24, 2.45) is 0 Å². The average molecular weight is 917 g/mol. The number of benzene rings is 7. The van der Waals surface area contributed by atoms with Gasteiger partial charge in [0.05, 0.1) is 22.8 Å². The summed E-state index contributed by atoms with van der Waals surface area (Å²) in [6, 6.07) is 58.3. The van der Waals surface area contributed by atoms with Gasteiger partial charge >= 0.3 is 0 Å². The Morgan fingerprint density at radius 2 is 0.843 bits per heavy atom. The summed E-state index contributed by atoms with van der Waals surface area (Å²) in [5.41, 5.74) is 17.9. The van der Waals surface area contributed by atoms with Gasteiger partial charge in [-0.05, 0) is 157 Å². The zero-order valence-corrected chi connectivity index (χ0v) is 41.9. The van der Waals surface area contributed by atoms with E-state index in [0.29, 0.717) is 39.5 Å². The van der Waals surface area contributed by atoms with Crippen LogP contribution in [0.4, 0.5) is 0 Å². The number of fused-ring (bicyclic) bond motifs is 3. The van der Waals surface area contributed by atoms with Gasteiger partial charge in [-0.25, -0.2) is 9.97 Å². The maximum atomic E-state index is 11.9. The van der Waals surface area contributed by atoms with Crippen LogP contribution in [-0.4, -0.2) is 20.2 Å². The fourth-order valence-corrected chi connectivity index (χ4v) is 9.50. The SMILES string of the molecule is Cc1cc(-c2cc(-c3cc(C(C)(C)C)cc(C(C)(C)C)c3)cc(-c3cc4oc5ccccc5c4cc3O)n2)nc(-c2cc(-c3c(-c4ccccc4)cc(C(C)(C)C)cc3-c3ccccc3)ccc2O)c1. The summed E-state index contributed by atoms with van der Waals surface area (Å²) < 4.78 is 6.35. The molecule has 0 aliphatic rings. The molecule has 348 valence electrons. The van der Waals surface area contributed by atoms with Crippen molar-refractivity contribution in [2.45, 2.75) is 85.5 Å². The number of furan rings is 1. The van der Waals surface area contributed by atoms with Gasteiger partial charge < -0.3 is 14.6 Å². The van der Waals surface area contributed by atoms with Gasteiger partial charge in [-0.2, -0.15) is 0 Å². The number of phenolic OH excluding ortho intramolecular Hbond substituents is 2. The second-order valence-corrected chi connectivity index (χ2v) is 22.0. The van der Waals surface area contributed by atoms with Crippen LogP contribution in [0.25, 0.3) is 100 Å². The van der Waals surface area contributed by atoms with Crippen LogP contribution in [0.15, 0.2) is 174 Å². The van der Waals surface area contributed by atoms with Crippen molar-refractivity contribution < 1.29 is 14.6 Å². The lowest BCUT2D eigenvalue weighted by molar-refractivity contribution is 0.477. The fourth-order valence-electron chi connectivity index (χ4n) is 9.50. The molecule has 0 aliphatic carbocycles.